The van der Waals surface area contributed by atoms with Gasteiger partial charge in [-0.15, -0.1) is 11.3 Å². The first kappa shape index (κ1) is 26.0. The van der Waals surface area contributed by atoms with E-state index in [4.69, 9.17) is 9.57 Å². The minimum absolute atomic E-state index is 0.0693. The minimum atomic E-state index is -0.760. The molecule has 2 aromatic carbocycles. The Hall–Kier alpha value is -4.07. The first-order chi connectivity index (χ1) is 17.8. The highest BCUT2D eigenvalue weighted by Crippen LogP contribution is 2.35. The molecule has 0 spiro atoms. The third-order valence-electron chi connectivity index (χ3n) is 4.89. The standard InChI is InChI=1S/C24H20FN5O5S2/c1-30(34-2)23(32)19-12-17-21(36-19)22(27-13-26-17)35-18-9-8-15(11-16(18)25)28-24(33)29-37-20(31)10-14-6-4-3-5-7-14/h3-9,11-13H,10H2,1-2H3,(H2,28,29,33). The number of hydrogen-bond donors (Lipinski definition) is 2. The van der Waals surface area contributed by atoms with Gasteiger partial charge < -0.3 is 10.1 Å². The summed E-state index contributed by atoms with van der Waals surface area (Å²) in [5.74, 6) is -1.21. The van der Waals surface area contributed by atoms with Gasteiger partial charge in [-0.25, -0.2) is 24.2 Å². The highest BCUT2D eigenvalue weighted by molar-refractivity contribution is 8.12. The van der Waals surface area contributed by atoms with Gasteiger partial charge in [-0.05, 0) is 23.8 Å². The lowest BCUT2D eigenvalue weighted by Gasteiger charge is -2.11. The van der Waals surface area contributed by atoms with E-state index in [0.29, 0.717) is 27.0 Å². The van der Waals surface area contributed by atoms with Crippen molar-refractivity contribution >= 4 is 56.2 Å². The van der Waals surface area contributed by atoms with E-state index < -0.39 is 11.8 Å². The Balaban J connectivity index is 1.38. The molecule has 0 saturated heterocycles. The quantitative estimate of drug-likeness (QED) is 0.253. The van der Waals surface area contributed by atoms with E-state index in [2.05, 4.69) is 20.0 Å². The number of nitrogens with zero attached hydrogens (tertiary/aromatic N) is 3. The van der Waals surface area contributed by atoms with Crippen molar-refractivity contribution in [2.75, 3.05) is 19.5 Å². The van der Waals surface area contributed by atoms with Crippen LogP contribution in [-0.2, 0) is 16.1 Å². The van der Waals surface area contributed by atoms with E-state index in [0.717, 1.165) is 28.0 Å². The molecule has 0 aliphatic carbocycles. The van der Waals surface area contributed by atoms with Crippen molar-refractivity contribution in [2.24, 2.45) is 0 Å². The van der Waals surface area contributed by atoms with Gasteiger partial charge in [0.25, 0.3) is 5.91 Å². The number of thiophene rings is 1. The predicted octanol–water partition coefficient (Wildman–Crippen LogP) is 4.80. The van der Waals surface area contributed by atoms with Crippen molar-refractivity contribution < 1.29 is 28.3 Å². The average Bonchev–Trinajstić information content (AvgIpc) is 3.34. The fraction of sp³-hybridized carbons (Fsp3) is 0.125. The van der Waals surface area contributed by atoms with Gasteiger partial charge in [0.15, 0.2) is 11.6 Å². The number of hydrogen-bond acceptors (Lipinski definition) is 9. The summed E-state index contributed by atoms with van der Waals surface area (Å²) in [6.45, 7) is 0. The van der Waals surface area contributed by atoms with Gasteiger partial charge in [-0.1, -0.05) is 30.3 Å². The second-order valence-electron chi connectivity index (χ2n) is 7.43. The zero-order chi connectivity index (χ0) is 26.4. The number of ether oxygens (including phenoxy) is 1. The Labute approximate surface area is 218 Å². The number of aromatic nitrogens is 2. The van der Waals surface area contributed by atoms with Gasteiger partial charge in [0.1, 0.15) is 11.0 Å². The Bertz CT molecular complexity index is 1450. The molecule has 10 nitrogen and oxygen atoms in total. The number of hydroxylamine groups is 2. The van der Waals surface area contributed by atoms with Crippen molar-refractivity contribution in [3.05, 3.63) is 77.2 Å². The van der Waals surface area contributed by atoms with Gasteiger partial charge in [-0.3, -0.25) is 19.1 Å². The number of urea groups is 1. The first-order valence-electron chi connectivity index (χ1n) is 10.7. The van der Waals surface area contributed by atoms with Crippen LogP contribution >= 0.6 is 23.3 Å². The summed E-state index contributed by atoms with van der Waals surface area (Å²) < 4.78 is 23.2. The number of benzene rings is 2. The van der Waals surface area contributed by atoms with Crippen molar-refractivity contribution in [1.29, 1.82) is 0 Å². The highest BCUT2D eigenvalue weighted by atomic mass is 32.2. The van der Waals surface area contributed by atoms with Crippen LogP contribution in [0.15, 0.2) is 60.9 Å². The number of anilines is 1. The molecule has 3 amide bonds. The maximum Gasteiger partial charge on any atom is 0.329 e. The smallest absolute Gasteiger partial charge is 0.329 e. The van der Waals surface area contributed by atoms with Crippen LogP contribution in [0.25, 0.3) is 10.2 Å². The molecule has 37 heavy (non-hydrogen) atoms. The van der Waals surface area contributed by atoms with Crippen molar-refractivity contribution in [3.63, 3.8) is 0 Å². The topological polar surface area (TPSA) is 123 Å². The fourth-order valence-corrected chi connectivity index (χ4v) is 4.57. The molecule has 0 bridgehead atoms. The summed E-state index contributed by atoms with van der Waals surface area (Å²) in [4.78, 5) is 50.0. The van der Waals surface area contributed by atoms with E-state index in [-0.39, 0.29) is 34.8 Å². The molecule has 0 atom stereocenters. The molecule has 0 fully saturated rings. The normalized spacial score (nSPS) is 10.7. The highest BCUT2D eigenvalue weighted by Gasteiger charge is 2.19. The largest absolute Gasteiger partial charge is 0.434 e. The number of halogens is 1. The second-order valence-corrected chi connectivity index (χ2v) is 9.34. The Morgan fingerprint density at radius 2 is 1.89 bits per heavy atom. The lowest BCUT2D eigenvalue weighted by molar-refractivity contribution is -0.110. The zero-order valence-electron chi connectivity index (χ0n) is 19.6. The van der Waals surface area contributed by atoms with Crippen LogP contribution in [0.5, 0.6) is 11.6 Å². The van der Waals surface area contributed by atoms with E-state index in [1.54, 1.807) is 6.07 Å². The van der Waals surface area contributed by atoms with Crippen LogP contribution in [0.1, 0.15) is 15.2 Å². The lowest BCUT2D eigenvalue weighted by atomic mass is 10.2. The molecule has 0 aliphatic heterocycles. The molecule has 0 saturated carbocycles. The first-order valence-corrected chi connectivity index (χ1v) is 12.3. The lowest BCUT2D eigenvalue weighted by Crippen LogP contribution is -2.24. The average molecular weight is 542 g/mol. The van der Waals surface area contributed by atoms with Gasteiger partial charge in [0.2, 0.25) is 11.0 Å². The molecule has 4 rings (SSSR count). The monoisotopic (exact) mass is 541 g/mol. The molecule has 2 heterocycles. The summed E-state index contributed by atoms with van der Waals surface area (Å²) in [6.07, 6.45) is 1.40. The van der Waals surface area contributed by atoms with Crippen LogP contribution < -0.4 is 14.8 Å². The number of fused-ring (bicyclic) bond motifs is 1. The van der Waals surface area contributed by atoms with E-state index in [1.165, 1.54) is 32.6 Å². The molecule has 2 N–H and O–H groups in total. The summed E-state index contributed by atoms with van der Waals surface area (Å²) in [6, 6.07) is 13.8. The van der Waals surface area contributed by atoms with E-state index in [1.807, 2.05) is 30.3 Å². The summed E-state index contributed by atoms with van der Waals surface area (Å²) in [5, 5.41) is 3.28. The fourth-order valence-electron chi connectivity index (χ4n) is 3.07. The SMILES string of the molecule is CON(C)C(=O)c1cc2ncnc(Oc3ccc(NC(=O)NSC(=O)Cc4ccccc4)cc3F)c2s1. The molecule has 13 heteroatoms. The number of nitrogens with one attached hydrogen (secondary N) is 2. The van der Waals surface area contributed by atoms with Crippen LogP contribution in [0, 0.1) is 5.82 Å². The Morgan fingerprint density at radius 3 is 2.62 bits per heavy atom. The summed E-state index contributed by atoms with van der Waals surface area (Å²) in [5.41, 5.74) is 1.43. The molecule has 0 aliphatic rings. The van der Waals surface area contributed by atoms with Gasteiger partial charge in [-0.2, -0.15) is 0 Å². The number of carbonyl (C=O) groups excluding carboxylic acids is 3. The maximum absolute atomic E-state index is 14.8. The molecule has 2 aromatic heterocycles. The van der Waals surface area contributed by atoms with Crippen molar-refractivity contribution in [3.8, 4) is 11.6 Å². The Morgan fingerprint density at radius 1 is 1.11 bits per heavy atom. The maximum atomic E-state index is 14.8. The third-order valence-corrected chi connectivity index (χ3v) is 6.65. The third kappa shape index (κ3) is 6.58. The van der Waals surface area contributed by atoms with Crippen LogP contribution in [0.2, 0.25) is 0 Å². The number of rotatable bonds is 7. The van der Waals surface area contributed by atoms with E-state index in [9.17, 15) is 18.8 Å². The van der Waals surface area contributed by atoms with Gasteiger partial charge in [0.05, 0.1) is 17.5 Å². The number of amides is 3. The van der Waals surface area contributed by atoms with Crippen molar-refractivity contribution in [2.45, 2.75) is 6.42 Å². The second kappa shape index (κ2) is 11.8. The van der Waals surface area contributed by atoms with Crippen LogP contribution in [0.4, 0.5) is 14.9 Å². The molecule has 0 radical (unpaired) electrons. The van der Waals surface area contributed by atoms with Crippen LogP contribution in [0.3, 0.4) is 0 Å². The molecule has 190 valence electrons. The van der Waals surface area contributed by atoms with Gasteiger partial charge >= 0.3 is 6.03 Å². The summed E-state index contributed by atoms with van der Waals surface area (Å²) >= 11 is 1.73. The number of carbonyl (C=O) groups is 3. The van der Waals surface area contributed by atoms with E-state index >= 15 is 0 Å². The molecule has 4 aromatic rings. The van der Waals surface area contributed by atoms with Gasteiger partial charge in [0, 0.05) is 37.2 Å². The summed E-state index contributed by atoms with van der Waals surface area (Å²) in [7, 11) is 2.84. The predicted molar refractivity (Wildman–Crippen MR) is 138 cm³/mol. The Kier molecular flexibility index (Phi) is 8.28. The minimum Gasteiger partial charge on any atom is -0.434 e. The van der Waals surface area contributed by atoms with Crippen molar-refractivity contribution in [1.82, 2.24) is 19.8 Å². The zero-order valence-corrected chi connectivity index (χ0v) is 21.2. The molecule has 0 unspecified atom stereocenters. The molecular weight excluding hydrogens is 521 g/mol. The van der Waals surface area contributed by atoms with Crippen LogP contribution in [-0.4, -0.2) is 46.2 Å². The molecular formula is C24H20FN5O5S2.